The Bertz CT molecular complexity index is 1010. The number of para-hydroxylation sites is 1. The summed E-state index contributed by atoms with van der Waals surface area (Å²) in [5.74, 6) is -1.06. The number of hydrogen-bond donors (Lipinski definition) is 0. The fourth-order valence-electron chi connectivity index (χ4n) is 4.70. The standard InChI is InChI=1S/C25H30N2O5/c1-2-31-24(29)17-12-14-27(15-13-17)22(28)16-32-25(30)23-18-8-4-3-5-10-20(18)26-21-11-7-6-9-19(21)23/h6-7,9,11,17H,2-5,8,10,12-16H2,1H3. The van der Waals surface area contributed by atoms with Crippen LogP contribution in [0.5, 0.6) is 0 Å². The van der Waals surface area contributed by atoms with E-state index in [1.165, 1.54) is 0 Å². The smallest absolute Gasteiger partial charge is 0.339 e. The minimum Gasteiger partial charge on any atom is -0.466 e. The molecular formula is C25H30N2O5. The monoisotopic (exact) mass is 438 g/mol. The number of likely N-dealkylation sites (tertiary alicyclic amines) is 1. The Morgan fingerprint density at radius 2 is 1.78 bits per heavy atom. The van der Waals surface area contributed by atoms with Gasteiger partial charge in [0.25, 0.3) is 5.91 Å². The van der Waals surface area contributed by atoms with Crippen molar-refractivity contribution in [3.05, 3.63) is 41.1 Å². The molecule has 2 aromatic rings. The van der Waals surface area contributed by atoms with Gasteiger partial charge in [-0.25, -0.2) is 4.79 Å². The Hall–Kier alpha value is -2.96. The number of aromatic nitrogens is 1. The van der Waals surface area contributed by atoms with Crippen LogP contribution in [0.2, 0.25) is 0 Å². The van der Waals surface area contributed by atoms with Crippen molar-refractivity contribution in [2.75, 3.05) is 26.3 Å². The van der Waals surface area contributed by atoms with E-state index in [1.54, 1.807) is 11.8 Å². The maximum Gasteiger partial charge on any atom is 0.339 e. The van der Waals surface area contributed by atoms with Gasteiger partial charge in [0.05, 0.1) is 23.6 Å². The molecule has 0 radical (unpaired) electrons. The molecule has 0 bridgehead atoms. The fourth-order valence-corrected chi connectivity index (χ4v) is 4.70. The molecule has 0 saturated carbocycles. The van der Waals surface area contributed by atoms with Gasteiger partial charge < -0.3 is 14.4 Å². The molecule has 2 heterocycles. The number of carbonyl (C=O) groups is 3. The molecule has 2 aliphatic rings. The molecule has 1 aromatic heterocycles. The van der Waals surface area contributed by atoms with E-state index in [1.807, 2.05) is 24.3 Å². The lowest BCUT2D eigenvalue weighted by Crippen LogP contribution is -2.42. The number of nitrogens with zero attached hydrogens (tertiary/aromatic N) is 2. The predicted octanol–water partition coefficient (Wildman–Crippen LogP) is 3.46. The molecule has 170 valence electrons. The molecule has 7 heteroatoms. The van der Waals surface area contributed by atoms with Crippen molar-refractivity contribution in [3.63, 3.8) is 0 Å². The molecule has 1 aromatic carbocycles. The highest BCUT2D eigenvalue weighted by molar-refractivity contribution is 6.05. The van der Waals surface area contributed by atoms with E-state index < -0.39 is 5.97 Å². The quantitative estimate of drug-likeness (QED) is 0.525. The van der Waals surface area contributed by atoms with Gasteiger partial charge in [-0.15, -0.1) is 0 Å². The lowest BCUT2D eigenvalue weighted by Gasteiger charge is -2.30. The number of ether oxygens (including phenoxy) is 2. The van der Waals surface area contributed by atoms with Crippen LogP contribution < -0.4 is 0 Å². The molecule has 1 amide bonds. The first kappa shape index (κ1) is 22.2. The molecule has 0 atom stereocenters. The van der Waals surface area contributed by atoms with Crippen LogP contribution >= 0.6 is 0 Å². The van der Waals surface area contributed by atoms with Gasteiger partial charge in [-0.1, -0.05) is 24.6 Å². The number of fused-ring (bicyclic) bond motifs is 2. The number of pyridine rings is 1. The minimum atomic E-state index is -0.462. The van der Waals surface area contributed by atoms with Crippen molar-refractivity contribution in [1.29, 1.82) is 0 Å². The lowest BCUT2D eigenvalue weighted by atomic mass is 9.97. The van der Waals surface area contributed by atoms with Gasteiger partial charge in [-0.3, -0.25) is 14.6 Å². The van der Waals surface area contributed by atoms with Crippen LogP contribution in [0.15, 0.2) is 24.3 Å². The van der Waals surface area contributed by atoms with Crippen LogP contribution in [0, 0.1) is 5.92 Å². The number of piperidine rings is 1. The molecule has 0 unspecified atom stereocenters. The number of hydrogen-bond acceptors (Lipinski definition) is 6. The number of esters is 2. The van der Waals surface area contributed by atoms with E-state index in [-0.39, 0.29) is 24.4 Å². The highest BCUT2D eigenvalue weighted by Gasteiger charge is 2.29. The second kappa shape index (κ2) is 10.1. The first-order chi connectivity index (χ1) is 15.6. The number of rotatable bonds is 5. The molecule has 1 fully saturated rings. The minimum absolute atomic E-state index is 0.166. The highest BCUT2D eigenvalue weighted by atomic mass is 16.5. The van der Waals surface area contributed by atoms with Crippen LogP contribution in [0.4, 0.5) is 0 Å². The van der Waals surface area contributed by atoms with E-state index in [9.17, 15) is 14.4 Å². The van der Waals surface area contributed by atoms with Crippen molar-refractivity contribution in [2.24, 2.45) is 5.92 Å². The molecule has 0 N–H and O–H groups in total. The van der Waals surface area contributed by atoms with Crippen LogP contribution in [-0.4, -0.2) is 54.0 Å². The predicted molar refractivity (Wildman–Crippen MR) is 119 cm³/mol. The van der Waals surface area contributed by atoms with Gasteiger partial charge in [0.2, 0.25) is 0 Å². The summed E-state index contributed by atoms with van der Waals surface area (Å²) in [4.78, 5) is 44.2. The summed E-state index contributed by atoms with van der Waals surface area (Å²) < 4.78 is 10.6. The molecular weight excluding hydrogens is 408 g/mol. The summed E-state index contributed by atoms with van der Waals surface area (Å²) in [7, 11) is 0. The average Bonchev–Trinajstić information content (AvgIpc) is 3.06. The number of amides is 1. The van der Waals surface area contributed by atoms with Gasteiger partial charge in [0, 0.05) is 24.2 Å². The SMILES string of the molecule is CCOC(=O)C1CCN(C(=O)COC(=O)c2c3c(nc4ccccc24)CCCCC3)CC1. The Kier molecular flexibility index (Phi) is 7.02. The zero-order valence-corrected chi connectivity index (χ0v) is 18.6. The number of aryl methyl sites for hydroxylation is 1. The van der Waals surface area contributed by atoms with E-state index in [0.717, 1.165) is 54.3 Å². The highest BCUT2D eigenvalue weighted by Crippen LogP contribution is 2.29. The van der Waals surface area contributed by atoms with Crippen molar-refractivity contribution in [2.45, 2.75) is 51.9 Å². The zero-order chi connectivity index (χ0) is 22.5. The second-order valence-electron chi connectivity index (χ2n) is 8.47. The average molecular weight is 439 g/mol. The van der Waals surface area contributed by atoms with Gasteiger partial charge in [-0.2, -0.15) is 0 Å². The first-order valence-corrected chi connectivity index (χ1v) is 11.6. The second-order valence-corrected chi connectivity index (χ2v) is 8.47. The van der Waals surface area contributed by atoms with Gasteiger partial charge in [0.1, 0.15) is 0 Å². The van der Waals surface area contributed by atoms with E-state index >= 15 is 0 Å². The Labute approximate surface area is 188 Å². The fraction of sp³-hybridized carbons (Fsp3) is 0.520. The van der Waals surface area contributed by atoms with Crippen LogP contribution in [0.25, 0.3) is 10.9 Å². The van der Waals surface area contributed by atoms with E-state index in [2.05, 4.69) is 0 Å². The van der Waals surface area contributed by atoms with E-state index in [4.69, 9.17) is 14.5 Å². The molecule has 1 aliphatic heterocycles. The third-order valence-corrected chi connectivity index (χ3v) is 6.42. The molecule has 32 heavy (non-hydrogen) atoms. The normalized spacial score (nSPS) is 16.8. The van der Waals surface area contributed by atoms with E-state index in [0.29, 0.717) is 38.1 Å². The third-order valence-electron chi connectivity index (χ3n) is 6.42. The summed E-state index contributed by atoms with van der Waals surface area (Å²) in [5, 5.41) is 0.779. The van der Waals surface area contributed by atoms with Crippen molar-refractivity contribution in [3.8, 4) is 0 Å². The van der Waals surface area contributed by atoms with Crippen molar-refractivity contribution >= 4 is 28.7 Å². The molecule has 1 saturated heterocycles. The molecule has 7 nitrogen and oxygen atoms in total. The summed E-state index contributed by atoms with van der Waals surface area (Å²) in [6.45, 7) is 2.78. The Morgan fingerprint density at radius 3 is 2.56 bits per heavy atom. The molecule has 1 aliphatic carbocycles. The third kappa shape index (κ3) is 4.76. The van der Waals surface area contributed by atoms with Crippen molar-refractivity contribution in [1.82, 2.24) is 9.88 Å². The largest absolute Gasteiger partial charge is 0.466 e. The number of benzene rings is 1. The summed E-state index contributed by atoms with van der Waals surface area (Å²) in [6, 6.07) is 7.61. The lowest BCUT2D eigenvalue weighted by molar-refractivity contribution is -0.151. The zero-order valence-electron chi connectivity index (χ0n) is 18.6. The summed E-state index contributed by atoms with van der Waals surface area (Å²) in [5.41, 5.74) is 3.28. The van der Waals surface area contributed by atoms with Crippen LogP contribution in [0.1, 0.15) is 60.6 Å². The van der Waals surface area contributed by atoms with Crippen LogP contribution in [0.3, 0.4) is 0 Å². The molecule has 4 rings (SSSR count). The topological polar surface area (TPSA) is 85.8 Å². The summed E-state index contributed by atoms with van der Waals surface area (Å²) in [6.07, 6.45) is 5.99. The molecule has 0 spiro atoms. The Morgan fingerprint density at radius 1 is 1.03 bits per heavy atom. The Balaban J connectivity index is 1.44. The van der Waals surface area contributed by atoms with Crippen LogP contribution in [-0.2, 0) is 31.9 Å². The first-order valence-electron chi connectivity index (χ1n) is 11.6. The maximum atomic E-state index is 13.2. The van der Waals surface area contributed by atoms with Gasteiger partial charge in [-0.05, 0) is 57.1 Å². The van der Waals surface area contributed by atoms with Gasteiger partial charge in [0.15, 0.2) is 6.61 Å². The maximum absolute atomic E-state index is 13.2. The van der Waals surface area contributed by atoms with Gasteiger partial charge >= 0.3 is 11.9 Å². The summed E-state index contributed by atoms with van der Waals surface area (Å²) >= 11 is 0. The number of carbonyl (C=O) groups excluding carboxylic acids is 3. The van der Waals surface area contributed by atoms with Crippen molar-refractivity contribution < 1.29 is 23.9 Å².